The van der Waals surface area contributed by atoms with Crippen LogP contribution in [0, 0.1) is 6.92 Å². The first-order valence-corrected chi connectivity index (χ1v) is 8.94. The van der Waals surface area contributed by atoms with E-state index in [-0.39, 0.29) is 11.8 Å². The topological polar surface area (TPSA) is 70.6 Å². The van der Waals surface area contributed by atoms with E-state index in [4.69, 9.17) is 0 Å². The van der Waals surface area contributed by atoms with Gasteiger partial charge in [0.15, 0.2) is 0 Å². The molecular weight excluding hydrogens is 350 g/mol. The Hall–Kier alpha value is -3.73. The van der Waals surface area contributed by atoms with Crippen LogP contribution in [0.3, 0.4) is 0 Å². The molecule has 0 bridgehead atoms. The number of aryl methyl sites for hydroxylation is 1. The third-order valence-corrected chi connectivity index (χ3v) is 4.10. The summed E-state index contributed by atoms with van der Waals surface area (Å²) < 4.78 is 0. The summed E-state index contributed by atoms with van der Waals surface area (Å²) >= 11 is 0. The molecule has 0 heterocycles. The fourth-order valence-corrected chi connectivity index (χ4v) is 2.57. The molecule has 5 heteroatoms. The molecule has 28 heavy (non-hydrogen) atoms. The number of hydrogen-bond donors (Lipinski definition) is 2. The molecule has 0 saturated carbocycles. The molecule has 0 aliphatic heterocycles. The highest BCUT2D eigenvalue weighted by Crippen LogP contribution is 2.11. The Bertz CT molecular complexity index is 963. The van der Waals surface area contributed by atoms with Crippen LogP contribution in [-0.2, 0) is 11.2 Å². The predicted molar refractivity (Wildman–Crippen MR) is 111 cm³/mol. The van der Waals surface area contributed by atoms with E-state index in [2.05, 4.69) is 15.8 Å². The Labute approximate surface area is 164 Å². The van der Waals surface area contributed by atoms with Crippen molar-refractivity contribution in [2.45, 2.75) is 13.3 Å². The second kappa shape index (κ2) is 9.28. The highest BCUT2D eigenvalue weighted by molar-refractivity contribution is 5.96. The number of benzene rings is 3. The second-order valence-corrected chi connectivity index (χ2v) is 6.40. The predicted octanol–water partition coefficient (Wildman–Crippen LogP) is 3.94. The van der Waals surface area contributed by atoms with Crippen molar-refractivity contribution in [1.29, 1.82) is 0 Å². The summed E-state index contributed by atoms with van der Waals surface area (Å²) in [7, 11) is 0. The summed E-state index contributed by atoms with van der Waals surface area (Å²) in [6, 6.07) is 24.0. The van der Waals surface area contributed by atoms with Gasteiger partial charge in [0.2, 0.25) is 5.91 Å². The van der Waals surface area contributed by atoms with Crippen LogP contribution in [0.5, 0.6) is 0 Å². The minimum atomic E-state index is -0.314. The van der Waals surface area contributed by atoms with Gasteiger partial charge in [-0.3, -0.25) is 9.59 Å². The second-order valence-electron chi connectivity index (χ2n) is 6.40. The van der Waals surface area contributed by atoms with Crippen molar-refractivity contribution in [1.82, 2.24) is 5.43 Å². The van der Waals surface area contributed by atoms with Crippen LogP contribution >= 0.6 is 0 Å². The molecule has 3 rings (SSSR count). The number of carbonyl (C=O) groups is 2. The van der Waals surface area contributed by atoms with E-state index in [1.165, 1.54) is 0 Å². The van der Waals surface area contributed by atoms with Gasteiger partial charge < -0.3 is 5.32 Å². The normalized spacial score (nSPS) is 10.6. The smallest absolute Gasteiger partial charge is 0.271 e. The molecular formula is C23H21N3O2. The molecule has 3 aromatic rings. The fourth-order valence-electron chi connectivity index (χ4n) is 2.57. The van der Waals surface area contributed by atoms with E-state index in [1.807, 2.05) is 61.5 Å². The van der Waals surface area contributed by atoms with Crippen LogP contribution in [-0.4, -0.2) is 18.0 Å². The van der Waals surface area contributed by atoms with Crippen molar-refractivity contribution >= 4 is 23.7 Å². The lowest BCUT2D eigenvalue weighted by Gasteiger charge is -2.06. The first kappa shape index (κ1) is 19.0. The van der Waals surface area contributed by atoms with Crippen molar-refractivity contribution in [3.05, 3.63) is 101 Å². The van der Waals surface area contributed by atoms with Crippen LogP contribution in [0.2, 0.25) is 0 Å². The van der Waals surface area contributed by atoms with E-state index in [0.717, 1.165) is 16.7 Å². The SMILES string of the molecule is Cc1ccc(/C=N\NC(=O)c2ccc(NC(=O)Cc3ccccc3)cc2)cc1. The average molecular weight is 371 g/mol. The summed E-state index contributed by atoms with van der Waals surface area (Å²) in [6.45, 7) is 2.01. The highest BCUT2D eigenvalue weighted by atomic mass is 16.2. The van der Waals surface area contributed by atoms with E-state index >= 15 is 0 Å². The largest absolute Gasteiger partial charge is 0.326 e. The van der Waals surface area contributed by atoms with Crippen LogP contribution in [0.1, 0.15) is 27.0 Å². The molecule has 0 fully saturated rings. The minimum absolute atomic E-state index is 0.105. The molecule has 5 nitrogen and oxygen atoms in total. The van der Waals surface area contributed by atoms with Gasteiger partial charge in [-0.15, -0.1) is 0 Å². The molecule has 0 aliphatic carbocycles. The van der Waals surface area contributed by atoms with Crippen LogP contribution in [0.15, 0.2) is 84.0 Å². The first-order valence-electron chi connectivity index (χ1n) is 8.94. The molecule has 0 aliphatic rings. The van der Waals surface area contributed by atoms with E-state index < -0.39 is 0 Å². The van der Waals surface area contributed by atoms with Crippen LogP contribution in [0.25, 0.3) is 0 Å². The zero-order valence-electron chi connectivity index (χ0n) is 15.6. The molecule has 0 atom stereocenters. The number of nitrogens with zero attached hydrogens (tertiary/aromatic N) is 1. The van der Waals surface area contributed by atoms with Crippen LogP contribution in [0.4, 0.5) is 5.69 Å². The summed E-state index contributed by atoms with van der Waals surface area (Å²) in [5.41, 5.74) is 6.61. The molecule has 0 radical (unpaired) electrons. The van der Waals surface area contributed by atoms with Crippen molar-refractivity contribution in [2.24, 2.45) is 5.10 Å². The molecule has 0 saturated heterocycles. The van der Waals surface area contributed by atoms with Gasteiger partial charge in [0, 0.05) is 11.3 Å². The van der Waals surface area contributed by atoms with Crippen molar-refractivity contribution in [3.8, 4) is 0 Å². The van der Waals surface area contributed by atoms with Gasteiger partial charge in [0.1, 0.15) is 0 Å². The zero-order valence-corrected chi connectivity index (χ0v) is 15.6. The molecule has 140 valence electrons. The third kappa shape index (κ3) is 5.64. The molecule has 0 unspecified atom stereocenters. The van der Waals surface area contributed by atoms with Gasteiger partial charge in [-0.2, -0.15) is 5.10 Å². The average Bonchev–Trinajstić information content (AvgIpc) is 2.70. The van der Waals surface area contributed by atoms with Gasteiger partial charge >= 0.3 is 0 Å². The Kier molecular flexibility index (Phi) is 6.31. The minimum Gasteiger partial charge on any atom is -0.326 e. The molecule has 3 aromatic carbocycles. The Morgan fingerprint density at radius 2 is 1.57 bits per heavy atom. The lowest BCUT2D eigenvalue weighted by atomic mass is 10.1. The lowest BCUT2D eigenvalue weighted by molar-refractivity contribution is -0.115. The standard InChI is InChI=1S/C23H21N3O2/c1-17-7-9-19(10-8-17)16-24-26-23(28)20-11-13-21(14-12-20)25-22(27)15-18-5-3-2-4-6-18/h2-14,16H,15H2,1H3,(H,25,27)(H,26,28)/b24-16-. The number of hydrogen-bond acceptors (Lipinski definition) is 3. The molecule has 2 N–H and O–H groups in total. The lowest BCUT2D eigenvalue weighted by Crippen LogP contribution is -2.18. The zero-order chi connectivity index (χ0) is 19.8. The highest BCUT2D eigenvalue weighted by Gasteiger charge is 2.06. The van der Waals surface area contributed by atoms with Crippen LogP contribution < -0.4 is 10.7 Å². The monoisotopic (exact) mass is 371 g/mol. The molecule has 0 spiro atoms. The number of rotatable bonds is 6. The maximum absolute atomic E-state index is 12.2. The summed E-state index contributed by atoms with van der Waals surface area (Å²) in [5.74, 6) is -0.420. The first-order chi connectivity index (χ1) is 13.6. The quantitative estimate of drug-likeness (QED) is 0.509. The van der Waals surface area contributed by atoms with Gasteiger partial charge in [-0.1, -0.05) is 60.2 Å². The maximum atomic E-state index is 12.2. The number of amides is 2. The number of nitrogens with one attached hydrogen (secondary N) is 2. The number of anilines is 1. The van der Waals surface area contributed by atoms with Crippen molar-refractivity contribution < 1.29 is 9.59 Å². The van der Waals surface area contributed by atoms with Gasteiger partial charge in [-0.25, -0.2) is 5.43 Å². The number of hydrazone groups is 1. The summed E-state index contributed by atoms with van der Waals surface area (Å²) in [4.78, 5) is 24.2. The maximum Gasteiger partial charge on any atom is 0.271 e. The van der Waals surface area contributed by atoms with E-state index in [0.29, 0.717) is 17.7 Å². The third-order valence-electron chi connectivity index (χ3n) is 4.10. The Balaban J connectivity index is 1.52. The Morgan fingerprint density at radius 1 is 0.893 bits per heavy atom. The summed E-state index contributed by atoms with van der Waals surface area (Å²) in [5, 5.41) is 6.80. The summed E-state index contributed by atoms with van der Waals surface area (Å²) in [6.07, 6.45) is 1.90. The van der Waals surface area contributed by atoms with Crippen molar-refractivity contribution in [3.63, 3.8) is 0 Å². The Morgan fingerprint density at radius 3 is 2.25 bits per heavy atom. The molecule has 0 aromatic heterocycles. The van der Waals surface area contributed by atoms with Crippen molar-refractivity contribution in [2.75, 3.05) is 5.32 Å². The van der Waals surface area contributed by atoms with Gasteiger partial charge in [0.25, 0.3) is 5.91 Å². The molecule has 2 amide bonds. The van der Waals surface area contributed by atoms with Gasteiger partial charge in [0.05, 0.1) is 12.6 Å². The van der Waals surface area contributed by atoms with Gasteiger partial charge in [-0.05, 0) is 42.3 Å². The number of carbonyl (C=O) groups excluding carboxylic acids is 2. The van der Waals surface area contributed by atoms with E-state index in [9.17, 15) is 9.59 Å². The fraction of sp³-hybridized carbons (Fsp3) is 0.0870. The van der Waals surface area contributed by atoms with E-state index in [1.54, 1.807) is 30.5 Å².